The number of aromatic hydroxyl groups is 1. The molecule has 0 amide bonds. The fourth-order valence-electron chi connectivity index (χ4n) is 1.34. The molecule has 1 N–H and O–H groups in total. The quantitative estimate of drug-likeness (QED) is 0.915. The van der Waals surface area contributed by atoms with Crippen molar-refractivity contribution >= 4 is 27.7 Å². The second kappa shape index (κ2) is 5.47. The molecule has 0 heterocycles. The molecule has 4 heteroatoms. The van der Waals surface area contributed by atoms with E-state index in [2.05, 4.69) is 15.9 Å². The molecule has 0 bridgehead atoms. The average Bonchev–Trinajstić information content (AvgIpc) is 2.34. The Bertz CT molecular complexity index is 511. The highest BCUT2D eigenvalue weighted by molar-refractivity contribution is 9.10. The minimum atomic E-state index is 0.260. The van der Waals surface area contributed by atoms with Gasteiger partial charge in [-0.15, -0.1) is 0 Å². The van der Waals surface area contributed by atoms with Crippen LogP contribution in [0.3, 0.4) is 0 Å². The maximum absolute atomic E-state index is 9.32. The van der Waals surface area contributed by atoms with Gasteiger partial charge in [-0.3, -0.25) is 0 Å². The van der Waals surface area contributed by atoms with Crippen molar-refractivity contribution < 1.29 is 9.84 Å². The highest BCUT2D eigenvalue weighted by Crippen LogP contribution is 2.35. The first-order valence-electron chi connectivity index (χ1n) is 4.99. The SMILES string of the molecule is COc1ccc(Sc2ccc(O)cc2Br)cc1. The number of hydrogen-bond donors (Lipinski definition) is 1. The van der Waals surface area contributed by atoms with Gasteiger partial charge in [0.2, 0.25) is 0 Å². The van der Waals surface area contributed by atoms with Gasteiger partial charge >= 0.3 is 0 Å². The molecule has 0 aliphatic carbocycles. The van der Waals surface area contributed by atoms with Crippen LogP contribution in [-0.4, -0.2) is 12.2 Å². The Labute approximate surface area is 113 Å². The maximum atomic E-state index is 9.32. The van der Waals surface area contributed by atoms with Crippen LogP contribution in [0.5, 0.6) is 11.5 Å². The topological polar surface area (TPSA) is 29.5 Å². The van der Waals surface area contributed by atoms with E-state index in [0.717, 1.165) is 20.0 Å². The van der Waals surface area contributed by atoms with Crippen LogP contribution in [0, 0.1) is 0 Å². The summed E-state index contributed by atoms with van der Waals surface area (Å²) in [6.07, 6.45) is 0. The third-order valence-electron chi connectivity index (χ3n) is 2.20. The standard InChI is InChI=1S/C13H11BrO2S/c1-16-10-3-5-11(6-4-10)17-13-7-2-9(15)8-12(13)14/h2-8,15H,1H3. The minimum Gasteiger partial charge on any atom is -0.508 e. The van der Waals surface area contributed by atoms with Crippen LogP contribution in [0.25, 0.3) is 0 Å². The average molecular weight is 311 g/mol. The molecule has 0 aliphatic heterocycles. The normalized spacial score (nSPS) is 10.2. The summed E-state index contributed by atoms with van der Waals surface area (Å²) in [4.78, 5) is 2.19. The minimum absolute atomic E-state index is 0.260. The number of ether oxygens (including phenoxy) is 1. The number of phenols is 1. The molecule has 0 atom stereocenters. The summed E-state index contributed by atoms with van der Waals surface area (Å²) in [7, 11) is 1.65. The predicted molar refractivity (Wildman–Crippen MR) is 72.9 cm³/mol. The van der Waals surface area contributed by atoms with Crippen molar-refractivity contribution in [1.82, 2.24) is 0 Å². The highest BCUT2D eigenvalue weighted by atomic mass is 79.9. The van der Waals surface area contributed by atoms with Crippen molar-refractivity contribution in [2.24, 2.45) is 0 Å². The Hall–Kier alpha value is -1.13. The number of benzene rings is 2. The van der Waals surface area contributed by atoms with Gasteiger partial charge in [0.1, 0.15) is 11.5 Å². The van der Waals surface area contributed by atoms with Gasteiger partial charge in [-0.25, -0.2) is 0 Å². The Morgan fingerprint density at radius 2 is 1.82 bits per heavy atom. The van der Waals surface area contributed by atoms with E-state index >= 15 is 0 Å². The molecule has 0 aromatic heterocycles. The van der Waals surface area contributed by atoms with E-state index in [1.807, 2.05) is 30.3 Å². The molecular formula is C13H11BrO2S. The summed E-state index contributed by atoms with van der Waals surface area (Å²) in [5.41, 5.74) is 0. The molecule has 0 saturated carbocycles. The van der Waals surface area contributed by atoms with Gasteiger partial charge in [-0.05, 0) is 58.4 Å². The van der Waals surface area contributed by atoms with Crippen LogP contribution in [0.15, 0.2) is 56.7 Å². The summed E-state index contributed by atoms with van der Waals surface area (Å²) in [6, 6.07) is 13.1. The molecule has 2 aromatic carbocycles. The first-order chi connectivity index (χ1) is 8.19. The zero-order valence-electron chi connectivity index (χ0n) is 9.18. The molecule has 0 fully saturated rings. The van der Waals surface area contributed by atoms with Crippen molar-refractivity contribution in [1.29, 1.82) is 0 Å². The van der Waals surface area contributed by atoms with E-state index in [0.29, 0.717) is 0 Å². The molecule has 0 spiro atoms. The summed E-state index contributed by atoms with van der Waals surface area (Å²) < 4.78 is 5.99. The zero-order chi connectivity index (χ0) is 12.3. The van der Waals surface area contributed by atoms with Gasteiger partial charge in [0.25, 0.3) is 0 Å². The van der Waals surface area contributed by atoms with E-state index in [1.54, 1.807) is 31.0 Å². The van der Waals surface area contributed by atoms with Crippen LogP contribution in [-0.2, 0) is 0 Å². The molecule has 2 nitrogen and oxygen atoms in total. The monoisotopic (exact) mass is 310 g/mol. The smallest absolute Gasteiger partial charge is 0.118 e. The van der Waals surface area contributed by atoms with Gasteiger partial charge in [-0.1, -0.05) is 11.8 Å². The van der Waals surface area contributed by atoms with Crippen LogP contribution in [0.2, 0.25) is 0 Å². The number of halogens is 1. The molecular weight excluding hydrogens is 300 g/mol. The summed E-state index contributed by atoms with van der Waals surface area (Å²) in [6.45, 7) is 0. The second-order valence-electron chi connectivity index (χ2n) is 3.39. The number of phenolic OH excluding ortho intramolecular Hbond substituents is 1. The fourth-order valence-corrected chi connectivity index (χ4v) is 2.77. The fraction of sp³-hybridized carbons (Fsp3) is 0.0769. The van der Waals surface area contributed by atoms with Gasteiger partial charge < -0.3 is 9.84 Å². The lowest BCUT2D eigenvalue weighted by molar-refractivity contribution is 0.414. The lowest BCUT2D eigenvalue weighted by Gasteiger charge is -2.05. The Kier molecular flexibility index (Phi) is 3.97. The Balaban J connectivity index is 2.19. The molecule has 0 radical (unpaired) electrons. The number of hydrogen-bond acceptors (Lipinski definition) is 3. The number of methoxy groups -OCH3 is 1. The van der Waals surface area contributed by atoms with E-state index in [9.17, 15) is 5.11 Å². The van der Waals surface area contributed by atoms with E-state index < -0.39 is 0 Å². The number of rotatable bonds is 3. The van der Waals surface area contributed by atoms with E-state index in [-0.39, 0.29) is 5.75 Å². The molecule has 17 heavy (non-hydrogen) atoms. The molecule has 2 aromatic rings. The van der Waals surface area contributed by atoms with Crippen LogP contribution in [0.4, 0.5) is 0 Å². The van der Waals surface area contributed by atoms with Crippen LogP contribution < -0.4 is 4.74 Å². The van der Waals surface area contributed by atoms with Crippen molar-refractivity contribution in [3.63, 3.8) is 0 Å². The summed E-state index contributed by atoms with van der Waals surface area (Å²) in [5, 5.41) is 9.32. The molecule has 88 valence electrons. The van der Waals surface area contributed by atoms with Gasteiger partial charge in [0, 0.05) is 14.3 Å². The molecule has 0 aliphatic rings. The third-order valence-corrected chi connectivity index (χ3v) is 4.21. The van der Waals surface area contributed by atoms with E-state index in [4.69, 9.17) is 4.74 Å². The largest absolute Gasteiger partial charge is 0.508 e. The van der Waals surface area contributed by atoms with Gasteiger partial charge in [-0.2, -0.15) is 0 Å². The zero-order valence-corrected chi connectivity index (χ0v) is 11.6. The van der Waals surface area contributed by atoms with Crippen molar-refractivity contribution in [2.45, 2.75) is 9.79 Å². The van der Waals surface area contributed by atoms with Crippen molar-refractivity contribution in [2.75, 3.05) is 7.11 Å². The third kappa shape index (κ3) is 3.17. The Morgan fingerprint density at radius 3 is 2.41 bits per heavy atom. The first-order valence-corrected chi connectivity index (χ1v) is 6.60. The van der Waals surface area contributed by atoms with E-state index in [1.165, 1.54) is 0 Å². The second-order valence-corrected chi connectivity index (χ2v) is 5.36. The maximum Gasteiger partial charge on any atom is 0.118 e. The van der Waals surface area contributed by atoms with Crippen molar-refractivity contribution in [3.05, 3.63) is 46.9 Å². The van der Waals surface area contributed by atoms with Crippen molar-refractivity contribution in [3.8, 4) is 11.5 Å². The predicted octanol–water partition coefficient (Wildman–Crippen LogP) is 4.31. The molecule has 0 unspecified atom stereocenters. The lowest BCUT2D eigenvalue weighted by atomic mass is 10.3. The summed E-state index contributed by atoms with van der Waals surface area (Å²) in [5.74, 6) is 1.11. The molecule has 2 rings (SSSR count). The highest BCUT2D eigenvalue weighted by Gasteiger charge is 2.03. The van der Waals surface area contributed by atoms with Crippen LogP contribution >= 0.6 is 27.7 Å². The summed E-state index contributed by atoms with van der Waals surface area (Å²) >= 11 is 5.06. The molecule has 0 saturated heterocycles. The van der Waals surface area contributed by atoms with Crippen LogP contribution in [0.1, 0.15) is 0 Å². The Morgan fingerprint density at radius 1 is 1.12 bits per heavy atom. The lowest BCUT2D eigenvalue weighted by Crippen LogP contribution is -1.81. The van der Waals surface area contributed by atoms with Gasteiger partial charge in [0.15, 0.2) is 0 Å². The van der Waals surface area contributed by atoms with Gasteiger partial charge in [0.05, 0.1) is 7.11 Å². The first kappa shape index (κ1) is 12.3.